The minimum absolute atomic E-state index is 0.0774. The summed E-state index contributed by atoms with van der Waals surface area (Å²) in [6, 6.07) is 18.9. The Morgan fingerprint density at radius 2 is 1.80 bits per heavy atom. The van der Waals surface area contributed by atoms with E-state index in [1.807, 2.05) is 26.0 Å². The molecule has 3 aromatic carbocycles. The first-order valence-electron chi connectivity index (χ1n) is 13.8. The number of aryl methyl sites for hydroxylation is 1. The summed E-state index contributed by atoms with van der Waals surface area (Å²) in [6.45, 7) is 8.20. The molecule has 1 aliphatic rings. The maximum absolute atomic E-state index is 13.7. The van der Waals surface area contributed by atoms with Crippen LogP contribution in [-0.4, -0.2) is 47.3 Å². The van der Waals surface area contributed by atoms with E-state index in [2.05, 4.69) is 28.9 Å². The first-order valence-corrected chi connectivity index (χ1v) is 15.6. The van der Waals surface area contributed by atoms with Crippen LogP contribution in [0.3, 0.4) is 0 Å². The standard InChI is InChI=1S/C33H31N3O6S2/c1-5-17-42-25-16-13-23(18-26(25)41-6-2)28-27(29(37)22-11-14-24(40-4)15-12-22)30(38)31(39)36(28)32-34-35-33(44-32)43-19-21-9-7-20(3)8-10-21/h5,7-16,18,28,37H,1,6,17,19H2,2-4H3/b29-27+. The van der Waals surface area contributed by atoms with Crippen molar-refractivity contribution >= 4 is 45.7 Å². The Morgan fingerprint density at radius 3 is 2.48 bits per heavy atom. The van der Waals surface area contributed by atoms with Gasteiger partial charge in [0, 0.05) is 11.3 Å². The van der Waals surface area contributed by atoms with Crippen LogP contribution in [0.4, 0.5) is 5.13 Å². The van der Waals surface area contributed by atoms with Crippen molar-refractivity contribution in [1.82, 2.24) is 10.2 Å². The van der Waals surface area contributed by atoms with Crippen molar-refractivity contribution in [2.24, 2.45) is 0 Å². The largest absolute Gasteiger partial charge is 0.507 e. The molecule has 1 amide bonds. The number of nitrogens with zero attached hydrogens (tertiary/aromatic N) is 3. The Hall–Kier alpha value is -4.61. The summed E-state index contributed by atoms with van der Waals surface area (Å²) >= 11 is 2.69. The van der Waals surface area contributed by atoms with Gasteiger partial charge < -0.3 is 19.3 Å². The monoisotopic (exact) mass is 629 g/mol. The highest BCUT2D eigenvalue weighted by molar-refractivity contribution is 8.00. The lowest BCUT2D eigenvalue weighted by molar-refractivity contribution is -0.132. The SMILES string of the molecule is C=CCOc1ccc(C2/C(=C(\O)c3ccc(OC)cc3)C(=O)C(=O)N2c2nnc(SCc3ccc(C)cc3)s2)cc1OCC. The van der Waals surface area contributed by atoms with Gasteiger partial charge in [-0.15, -0.1) is 10.2 Å². The molecule has 4 aromatic rings. The van der Waals surface area contributed by atoms with Crippen LogP contribution in [0.25, 0.3) is 5.76 Å². The molecule has 1 N–H and O–H groups in total. The molecule has 1 saturated heterocycles. The van der Waals surface area contributed by atoms with Crippen molar-refractivity contribution in [3.8, 4) is 17.2 Å². The van der Waals surface area contributed by atoms with Gasteiger partial charge in [-0.1, -0.05) is 71.6 Å². The van der Waals surface area contributed by atoms with E-state index in [1.54, 1.807) is 48.5 Å². The van der Waals surface area contributed by atoms with Crippen LogP contribution in [0, 0.1) is 6.92 Å². The minimum Gasteiger partial charge on any atom is -0.507 e. The van der Waals surface area contributed by atoms with Crippen molar-refractivity contribution in [3.63, 3.8) is 0 Å². The van der Waals surface area contributed by atoms with Gasteiger partial charge in [0.05, 0.1) is 25.3 Å². The van der Waals surface area contributed by atoms with Crippen LogP contribution in [0.1, 0.15) is 35.2 Å². The number of ketones is 1. The summed E-state index contributed by atoms with van der Waals surface area (Å²) in [6.07, 6.45) is 1.62. The molecule has 9 nitrogen and oxygen atoms in total. The molecular weight excluding hydrogens is 599 g/mol. The molecule has 226 valence electrons. The zero-order chi connectivity index (χ0) is 31.2. The Bertz CT molecular complexity index is 1700. The zero-order valence-electron chi connectivity index (χ0n) is 24.5. The second-order valence-electron chi connectivity index (χ2n) is 9.76. The molecule has 1 unspecified atom stereocenters. The summed E-state index contributed by atoms with van der Waals surface area (Å²) in [5, 5.41) is 20.3. The average molecular weight is 630 g/mol. The fourth-order valence-electron chi connectivity index (χ4n) is 4.67. The van der Waals surface area contributed by atoms with E-state index < -0.39 is 17.7 Å². The van der Waals surface area contributed by atoms with Gasteiger partial charge in [-0.2, -0.15) is 0 Å². The molecule has 0 radical (unpaired) electrons. The highest BCUT2D eigenvalue weighted by Crippen LogP contribution is 2.45. The molecule has 5 rings (SSSR count). The number of Topliss-reactive ketones (excluding diaryl/α,β-unsaturated/α-hetero) is 1. The number of hydrogen-bond donors (Lipinski definition) is 1. The topological polar surface area (TPSA) is 111 Å². The molecule has 1 atom stereocenters. The van der Waals surface area contributed by atoms with Gasteiger partial charge in [0.2, 0.25) is 5.13 Å². The third-order valence-electron chi connectivity index (χ3n) is 6.83. The molecular formula is C33H31N3O6S2. The Kier molecular flexibility index (Phi) is 9.66. The number of anilines is 1. The zero-order valence-corrected chi connectivity index (χ0v) is 26.1. The number of aromatic nitrogens is 2. The van der Waals surface area contributed by atoms with Crippen molar-refractivity contribution in [2.45, 2.75) is 30.0 Å². The second kappa shape index (κ2) is 13.8. The molecule has 0 bridgehead atoms. The van der Waals surface area contributed by atoms with Gasteiger partial charge >= 0.3 is 5.91 Å². The van der Waals surface area contributed by atoms with E-state index in [-0.39, 0.29) is 23.1 Å². The lowest BCUT2D eigenvalue weighted by Gasteiger charge is -2.23. The number of thioether (sulfide) groups is 1. The lowest BCUT2D eigenvalue weighted by atomic mass is 9.95. The van der Waals surface area contributed by atoms with E-state index in [1.165, 1.54) is 40.7 Å². The minimum atomic E-state index is -1.01. The lowest BCUT2D eigenvalue weighted by Crippen LogP contribution is -2.29. The van der Waals surface area contributed by atoms with Gasteiger partial charge in [0.15, 0.2) is 15.8 Å². The van der Waals surface area contributed by atoms with Crippen LogP contribution in [-0.2, 0) is 15.3 Å². The number of rotatable bonds is 12. The predicted octanol–water partition coefficient (Wildman–Crippen LogP) is 6.74. The smallest absolute Gasteiger partial charge is 0.301 e. The van der Waals surface area contributed by atoms with Gasteiger partial charge in [-0.25, -0.2) is 0 Å². The van der Waals surface area contributed by atoms with Crippen molar-refractivity contribution in [3.05, 3.63) is 107 Å². The third kappa shape index (κ3) is 6.48. The number of amides is 1. The molecule has 0 saturated carbocycles. The van der Waals surface area contributed by atoms with Crippen LogP contribution in [0.15, 0.2) is 89.3 Å². The number of ether oxygens (including phenoxy) is 3. The highest BCUT2D eigenvalue weighted by Gasteiger charge is 2.48. The first-order chi connectivity index (χ1) is 21.3. The quantitative estimate of drug-likeness (QED) is 0.0455. The molecule has 11 heteroatoms. The average Bonchev–Trinajstić information content (AvgIpc) is 3.61. The van der Waals surface area contributed by atoms with Gasteiger partial charge in [0.1, 0.15) is 18.1 Å². The Balaban J connectivity index is 1.57. The van der Waals surface area contributed by atoms with E-state index in [9.17, 15) is 14.7 Å². The van der Waals surface area contributed by atoms with Crippen LogP contribution in [0.2, 0.25) is 0 Å². The van der Waals surface area contributed by atoms with E-state index in [4.69, 9.17) is 14.2 Å². The Morgan fingerprint density at radius 1 is 1.05 bits per heavy atom. The maximum atomic E-state index is 13.7. The number of benzene rings is 3. The number of aliphatic hydroxyl groups excluding tert-OH is 1. The van der Waals surface area contributed by atoms with E-state index >= 15 is 0 Å². The molecule has 1 aliphatic heterocycles. The normalized spacial score (nSPS) is 15.8. The second-order valence-corrected chi connectivity index (χ2v) is 11.9. The van der Waals surface area contributed by atoms with E-state index in [0.717, 1.165) is 5.56 Å². The van der Waals surface area contributed by atoms with Crippen molar-refractivity contribution in [1.29, 1.82) is 0 Å². The summed E-state index contributed by atoms with van der Waals surface area (Å²) in [5.74, 6) is 0.181. The summed E-state index contributed by atoms with van der Waals surface area (Å²) in [5.41, 5.74) is 3.11. The highest BCUT2D eigenvalue weighted by atomic mass is 32.2. The predicted molar refractivity (Wildman–Crippen MR) is 172 cm³/mol. The number of carbonyl (C=O) groups excluding carboxylic acids is 2. The van der Waals surface area contributed by atoms with Crippen LogP contribution >= 0.6 is 23.1 Å². The molecule has 0 spiro atoms. The van der Waals surface area contributed by atoms with Gasteiger partial charge in [-0.3, -0.25) is 14.5 Å². The molecule has 44 heavy (non-hydrogen) atoms. The van der Waals surface area contributed by atoms with E-state index in [0.29, 0.717) is 45.1 Å². The third-order valence-corrected chi connectivity index (χ3v) is 8.96. The van der Waals surface area contributed by atoms with Crippen LogP contribution in [0.5, 0.6) is 17.2 Å². The number of aliphatic hydroxyl groups is 1. The molecule has 1 fully saturated rings. The summed E-state index contributed by atoms with van der Waals surface area (Å²) < 4.78 is 17.5. The fourth-order valence-corrected chi connectivity index (χ4v) is 6.49. The van der Waals surface area contributed by atoms with Crippen LogP contribution < -0.4 is 19.1 Å². The van der Waals surface area contributed by atoms with Crippen molar-refractivity contribution in [2.75, 3.05) is 25.2 Å². The van der Waals surface area contributed by atoms with Gasteiger partial charge in [-0.05, 0) is 61.4 Å². The molecule has 1 aromatic heterocycles. The van der Waals surface area contributed by atoms with Gasteiger partial charge in [0.25, 0.3) is 5.78 Å². The first kappa shape index (κ1) is 30.8. The maximum Gasteiger partial charge on any atom is 0.301 e. The number of methoxy groups -OCH3 is 1. The Labute approximate surface area is 263 Å². The summed E-state index contributed by atoms with van der Waals surface area (Å²) in [7, 11) is 1.54. The number of carbonyl (C=O) groups is 2. The molecule has 2 heterocycles. The van der Waals surface area contributed by atoms with Crippen molar-refractivity contribution < 1.29 is 28.9 Å². The molecule has 0 aliphatic carbocycles. The number of hydrogen-bond acceptors (Lipinski definition) is 10. The summed E-state index contributed by atoms with van der Waals surface area (Å²) in [4.78, 5) is 28.6. The fraction of sp³-hybridized carbons (Fsp3) is 0.212.